The van der Waals surface area contributed by atoms with Gasteiger partial charge in [0.2, 0.25) is 0 Å². The summed E-state index contributed by atoms with van der Waals surface area (Å²) in [5.41, 5.74) is 2.80. The summed E-state index contributed by atoms with van der Waals surface area (Å²) in [7, 11) is -10.0. The van der Waals surface area contributed by atoms with Gasteiger partial charge in [-0.1, -0.05) is 24.3 Å². The summed E-state index contributed by atoms with van der Waals surface area (Å²) in [5, 5.41) is 26.9. The van der Waals surface area contributed by atoms with E-state index in [0.717, 1.165) is 29.8 Å². The molecule has 0 heterocycles. The van der Waals surface area contributed by atoms with Gasteiger partial charge in [0.1, 0.15) is 25.9 Å². The van der Waals surface area contributed by atoms with Crippen LogP contribution in [-0.4, -0.2) is 31.0 Å². The Bertz CT molecular complexity index is 1830. The summed E-state index contributed by atoms with van der Waals surface area (Å²) in [6.45, 7) is 3.64. The Balaban J connectivity index is 0.00000267. The first-order chi connectivity index (χ1) is 17.3. The molecule has 0 aromatic heterocycles. The number of aryl methyl sites for hydroxylation is 2. The molecular weight excluding hydrogens is 566 g/mol. The summed E-state index contributed by atoms with van der Waals surface area (Å²) in [4.78, 5) is -1.67. The summed E-state index contributed by atoms with van der Waals surface area (Å²) >= 11 is 0. The van der Waals surface area contributed by atoms with E-state index >= 15 is 0 Å². The summed E-state index contributed by atoms with van der Waals surface area (Å²) in [6, 6.07) is 16.2. The molecule has 4 aromatic rings. The summed E-state index contributed by atoms with van der Waals surface area (Å²) in [5.74, 6) is -0.953. The van der Waals surface area contributed by atoms with Crippen molar-refractivity contribution in [2.45, 2.75) is 23.6 Å². The molecule has 1 N–H and O–H groups in total. The Kier molecular flexibility index (Phi) is 11.1. The minimum Gasteiger partial charge on any atom is -0.744 e. The van der Waals surface area contributed by atoms with Gasteiger partial charge in [0.25, 0.3) is 0 Å². The first-order valence-electron chi connectivity index (χ1n) is 10.6. The molecule has 0 radical (unpaired) electrons. The van der Waals surface area contributed by atoms with Crippen molar-refractivity contribution >= 4 is 53.8 Å². The van der Waals surface area contributed by atoms with Crippen LogP contribution in [0.3, 0.4) is 0 Å². The average Bonchev–Trinajstić information content (AvgIpc) is 2.82. The van der Waals surface area contributed by atoms with Crippen molar-refractivity contribution in [1.82, 2.24) is 0 Å². The molecule has 0 fully saturated rings. The average molecular weight is 585 g/mol. The Morgan fingerprint density at radius 1 is 0.692 bits per heavy atom. The van der Waals surface area contributed by atoms with E-state index in [1.807, 2.05) is 31.2 Å². The second-order valence-corrected chi connectivity index (χ2v) is 10.7. The van der Waals surface area contributed by atoms with E-state index in [1.54, 1.807) is 25.1 Å². The van der Waals surface area contributed by atoms with E-state index < -0.39 is 35.8 Å². The molecule has 15 heteroatoms. The van der Waals surface area contributed by atoms with Crippen LogP contribution >= 0.6 is 0 Å². The van der Waals surface area contributed by atoms with Crippen LogP contribution in [0.2, 0.25) is 0 Å². The fraction of sp³-hybridized carbons (Fsp3) is 0.0833. The van der Waals surface area contributed by atoms with Crippen molar-refractivity contribution in [3.8, 4) is 5.75 Å². The van der Waals surface area contributed by atoms with Gasteiger partial charge >= 0.3 is 59.1 Å². The second-order valence-electron chi connectivity index (χ2n) is 8.02. The quantitative estimate of drug-likeness (QED) is 0.185. The molecule has 0 bridgehead atoms. The van der Waals surface area contributed by atoms with E-state index in [4.69, 9.17) is 0 Å². The summed E-state index contributed by atoms with van der Waals surface area (Å²) in [6.07, 6.45) is 0. The van der Waals surface area contributed by atoms with Crippen molar-refractivity contribution in [2.24, 2.45) is 20.5 Å². The molecule has 4 rings (SSSR count). The Hall–Kier alpha value is -2.04. The number of aromatic hydroxyl groups is 1. The van der Waals surface area contributed by atoms with Gasteiger partial charge in [0.05, 0.1) is 26.9 Å². The SMILES string of the molecule is Cc1ccccc1N=Nc1ccc(N=Nc2c(O)c(S(=O)(=O)[O-])cc3cc(S(=O)(=O)[O-])ccc23)c(C)c1.[Na+].[Na+]. The van der Waals surface area contributed by atoms with Crippen LogP contribution in [-0.2, 0) is 20.2 Å². The van der Waals surface area contributed by atoms with E-state index in [0.29, 0.717) is 22.6 Å². The maximum Gasteiger partial charge on any atom is 1.00 e. The first kappa shape index (κ1) is 33.2. The molecule has 0 saturated carbocycles. The van der Waals surface area contributed by atoms with Crippen LogP contribution in [0.25, 0.3) is 10.8 Å². The molecular formula is C24H18N4Na2O7S2. The minimum atomic E-state index is -5.18. The van der Waals surface area contributed by atoms with Crippen LogP contribution in [0.1, 0.15) is 11.1 Å². The van der Waals surface area contributed by atoms with Crippen molar-refractivity contribution in [3.63, 3.8) is 0 Å². The topological polar surface area (TPSA) is 184 Å². The van der Waals surface area contributed by atoms with Crippen molar-refractivity contribution in [2.75, 3.05) is 0 Å². The third kappa shape index (κ3) is 7.79. The fourth-order valence-corrected chi connectivity index (χ4v) is 4.59. The number of hydrogen-bond acceptors (Lipinski definition) is 11. The second kappa shape index (κ2) is 13.1. The van der Waals surface area contributed by atoms with Gasteiger partial charge < -0.3 is 14.2 Å². The molecule has 0 unspecified atom stereocenters. The Morgan fingerprint density at radius 3 is 1.95 bits per heavy atom. The van der Waals surface area contributed by atoms with Gasteiger partial charge in [-0.2, -0.15) is 15.3 Å². The first-order valence-corrected chi connectivity index (χ1v) is 13.4. The maximum absolute atomic E-state index is 11.7. The largest absolute Gasteiger partial charge is 1.00 e. The fourth-order valence-electron chi connectivity index (χ4n) is 3.48. The third-order valence-electron chi connectivity index (χ3n) is 5.41. The molecule has 0 spiro atoms. The zero-order valence-electron chi connectivity index (χ0n) is 21.4. The number of nitrogens with zero attached hydrogens (tertiary/aromatic N) is 4. The zero-order chi connectivity index (χ0) is 27.0. The van der Waals surface area contributed by atoms with E-state index in [1.165, 1.54) is 0 Å². The number of phenolic OH excluding ortho intramolecular Hbond substituents is 1. The molecule has 11 nitrogen and oxygen atoms in total. The van der Waals surface area contributed by atoms with Gasteiger partial charge in [-0.05, 0) is 72.8 Å². The van der Waals surface area contributed by atoms with E-state index in [2.05, 4.69) is 20.5 Å². The predicted octanol–water partition coefficient (Wildman–Crippen LogP) is -0.191. The van der Waals surface area contributed by atoms with E-state index in [-0.39, 0.29) is 75.6 Å². The molecule has 0 aliphatic heterocycles. The zero-order valence-corrected chi connectivity index (χ0v) is 27.0. The van der Waals surface area contributed by atoms with Crippen molar-refractivity contribution in [3.05, 3.63) is 77.9 Å². The van der Waals surface area contributed by atoms with Crippen LogP contribution < -0.4 is 59.1 Å². The van der Waals surface area contributed by atoms with Gasteiger partial charge in [-0.15, -0.1) is 5.11 Å². The maximum atomic E-state index is 11.7. The van der Waals surface area contributed by atoms with Crippen LogP contribution in [0.4, 0.5) is 22.7 Å². The molecule has 0 aliphatic rings. The van der Waals surface area contributed by atoms with Crippen molar-refractivity contribution in [1.29, 1.82) is 0 Å². The number of rotatable bonds is 6. The minimum absolute atomic E-state index is 0. The van der Waals surface area contributed by atoms with Crippen LogP contribution in [0, 0.1) is 13.8 Å². The third-order valence-corrected chi connectivity index (χ3v) is 7.09. The Morgan fingerprint density at radius 2 is 1.33 bits per heavy atom. The standard InChI is InChI=1S/C24H20N4O7S2.2Na/c1-14-5-3-4-6-20(14)26-25-17-7-10-21(15(2)11-17)27-28-23-19-9-8-18(36(30,31)32)12-16(19)13-22(24(23)29)37(33,34)35;;/h3-13,29H,1-2H3,(H,30,31,32)(H,33,34,35);;/q;2*+1/p-2. The van der Waals surface area contributed by atoms with Gasteiger partial charge in [0, 0.05) is 5.39 Å². The number of hydrogen-bond donors (Lipinski definition) is 1. The molecule has 39 heavy (non-hydrogen) atoms. The molecule has 0 saturated heterocycles. The molecule has 190 valence electrons. The normalized spacial score (nSPS) is 12.0. The van der Waals surface area contributed by atoms with Gasteiger partial charge in [-0.25, -0.2) is 16.8 Å². The predicted molar refractivity (Wildman–Crippen MR) is 132 cm³/mol. The number of benzene rings is 4. The summed E-state index contributed by atoms with van der Waals surface area (Å²) < 4.78 is 69.3. The monoisotopic (exact) mass is 584 g/mol. The van der Waals surface area contributed by atoms with E-state index in [9.17, 15) is 31.0 Å². The van der Waals surface area contributed by atoms with Crippen molar-refractivity contribution < 1.29 is 90.2 Å². The molecule has 4 aromatic carbocycles. The smallest absolute Gasteiger partial charge is 0.744 e. The molecule has 0 amide bonds. The van der Waals surface area contributed by atoms with Crippen LogP contribution in [0.5, 0.6) is 5.75 Å². The van der Waals surface area contributed by atoms with Gasteiger partial charge in [-0.3, -0.25) is 0 Å². The number of phenols is 1. The number of azo groups is 2. The van der Waals surface area contributed by atoms with Crippen LogP contribution in [0.15, 0.2) is 97.0 Å². The molecule has 0 atom stereocenters. The number of fused-ring (bicyclic) bond motifs is 1. The van der Waals surface area contributed by atoms with Gasteiger partial charge in [0.15, 0.2) is 5.75 Å². The Labute approximate surface area is 269 Å². The molecule has 0 aliphatic carbocycles.